The Morgan fingerprint density at radius 1 is 1.26 bits per heavy atom. The third-order valence-electron chi connectivity index (χ3n) is 6.57. The first-order valence-corrected chi connectivity index (χ1v) is 11.4. The van der Waals surface area contributed by atoms with Crippen molar-refractivity contribution in [3.8, 4) is 22.8 Å². The normalized spacial score (nSPS) is 20.9. The van der Waals surface area contributed by atoms with E-state index in [4.69, 9.17) is 15.2 Å². The first-order valence-electron chi connectivity index (χ1n) is 11.4. The minimum absolute atomic E-state index is 0.0243. The Morgan fingerprint density at radius 2 is 2.06 bits per heavy atom. The molecule has 1 aromatic carbocycles. The summed E-state index contributed by atoms with van der Waals surface area (Å²) in [6.45, 7) is 1.62. The number of pyridine rings is 1. The van der Waals surface area contributed by atoms with E-state index < -0.39 is 22.4 Å². The lowest BCUT2D eigenvalue weighted by Gasteiger charge is -2.31. The summed E-state index contributed by atoms with van der Waals surface area (Å²) in [6.07, 6.45) is 6.43. The van der Waals surface area contributed by atoms with Gasteiger partial charge in [-0.25, -0.2) is 14.0 Å². The Hall–Kier alpha value is -3.83. The summed E-state index contributed by atoms with van der Waals surface area (Å²) in [4.78, 5) is 32.0. The number of aryl methyl sites for hydroxylation is 1. The fraction of sp³-hybridized carbons (Fsp3) is 0.333. The second-order valence-corrected chi connectivity index (χ2v) is 8.69. The van der Waals surface area contributed by atoms with Crippen LogP contribution in [-0.4, -0.2) is 64.1 Å². The standard InChI is InChI=1S/C24H25FN6O4/c1-29-15-16(14-28-29)21-13-19(4-7-27-21)35-22-3-2-18(12-20(22)25)31(23(26)32)9-8-30(24(31)33)17-5-10-34-11-6-17/h2-4,7,12-15,17H,5-6,8-11H2,1H3,(H-,26,32)/p+1. The molecule has 0 saturated carbocycles. The van der Waals surface area contributed by atoms with E-state index in [0.29, 0.717) is 44.0 Å². The molecule has 0 radical (unpaired) electrons. The molecule has 0 spiro atoms. The predicted molar refractivity (Wildman–Crippen MR) is 125 cm³/mol. The summed E-state index contributed by atoms with van der Waals surface area (Å²) in [5.41, 5.74) is 7.32. The molecule has 2 saturated heterocycles. The largest absolute Gasteiger partial charge is 0.454 e. The molecule has 3 aromatic rings. The number of amides is 4. The Balaban J connectivity index is 1.40. The number of halogens is 1. The first-order chi connectivity index (χ1) is 16.9. The number of aromatic nitrogens is 3. The van der Waals surface area contributed by atoms with Crippen molar-refractivity contribution in [2.45, 2.75) is 18.9 Å². The van der Waals surface area contributed by atoms with E-state index in [1.807, 2.05) is 6.20 Å². The van der Waals surface area contributed by atoms with Crippen molar-refractivity contribution < 1.29 is 23.5 Å². The monoisotopic (exact) mass is 481 g/mol. The molecule has 4 amide bonds. The molecule has 11 heteroatoms. The molecule has 182 valence electrons. The molecular weight excluding hydrogens is 455 g/mol. The molecule has 2 aromatic heterocycles. The van der Waals surface area contributed by atoms with E-state index in [2.05, 4.69) is 10.1 Å². The summed E-state index contributed by atoms with van der Waals surface area (Å²) in [6, 6.07) is 6.05. The van der Waals surface area contributed by atoms with Crippen molar-refractivity contribution in [3.05, 3.63) is 54.7 Å². The predicted octanol–water partition coefficient (Wildman–Crippen LogP) is 3.41. The number of urea groups is 2. The van der Waals surface area contributed by atoms with Gasteiger partial charge in [-0.1, -0.05) is 0 Å². The third kappa shape index (κ3) is 4.13. The van der Waals surface area contributed by atoms with Crippen LogP contribution in [-0.2, 0) is 11.8 Å². The molecule has 10 nitrogen and oxygen atoms in total. The van der Waals surface area contributed by atoms with Gasteiger partial charge in [0.25, 0.3) is 0 Å². The Kier molecular flexibility index (Phi) is 5.95. The molecule has 4 heterocycles. The molecule has 0 aliphatic carbocycles. The van der Waals surface area contributed by atoms with Crippen molar-refractivity contribution in [2.75, 3.05) is 26.3 Å². The van der Waals surface area contributed by atoms with Crippen LogP contribution in [0, 0.1) is 5.82 Å². The maximum Gasteiger partial charge on any atom is 0.433 e. The van der Waals surface area contributed by atoms with Crippen LogP contribution >= 0.6 is 0 Å². The minimum atomic E-state index is -0.840. The number of carbonyl (C=O) groups excluding carboxylic acids is 2. The number of nitrogens with two attached hydrogens (primary N) is 1. The summed E-state index contributed by atoms with van der Waals surface area (Å²) in [7, 11) is 1.80. The summed E-state index contributed by atoms with van der Waals surface area (Å²) in [5.74, 6) is -0.377. The van der Waals surface area contributed by atoms with Crippen LogP contribution < -0.4 is 15.0 Å². The Morgan fingerprint density at radius 3 is 2.74 bits per heavy atom. The second-order valence-electron chi connectivity index (χ2n) is 8.69. The van der Waals surface area contributed by atoms with Crippen LogP contribution in [0.3, 0.4) is 0 Å². The van der Waals surface area contributed by atoms with E-state index in [1.54, 1.807) is 41.2 Å². The van der Waals surface area contributed by atoms with Gasteiger partial charge in [0.15, 0.2) is 17.3 Å². The smallest absolute Gasteiger partial charge is 0.433 e. The zero-order valence-electron chi connectivity index (χ0n) is 19.3. The lowest BCUT2D eigenvalue weighted by molar-refractivity contribution is 0.0510. The molecule has 2 fully saturated rings. The van der Waals surface area contributed by atoms with Crippen LogP contribution in [0.5, 0.6) is 11.5 Å². The molecular formula is C24H26FN6O4+. The Labute approximate surface area is 201 Å². The lowest BCUT2D eigenvalue weighted by Crippen LogP contribution is -2.60. The fourth-order valence-electron chi connectivity index (χ4n) is 4.70. The van der Waals surface area contributed by atoms with E-state index in [-0.39, 0.29) is 24.0 Å². The molecule has 5 rings (SSSR count). The van der Waals surface area contributed by atoms with Gasteiger partial charge in [-0.05, 0) is 25.0 Å². The lowest BCUT2D eigenvalue weighted by atomic mass is 10.1. The number of rotatable bonds is 5. The fourth-order valence-corrected chi connectivity index (χ4v) is 4.70. The van der Waals surface area contributed by atoms with Gasteiger partial charge >= 0.3 is 12.1 Å². The average Bonchev–Trinajstić information content (AvgIpc) is 3.45. The molecule has 1 atom stereocenters. The number of hydrogen-bond acceptors (Lipinski definition) is 6. The average molecular weight is 482 g/mol. The highest BCUT2D eigenvalue weighted by Gasteiger charge is 2.55. The number of carbonyl (C=O) groups is 2. The molecule has 2 aliphatic rings. The third-order valence-corrected chi connectivity index (χ3v) is 6.57. The van der Waals surface area contributed by atoms with Gasteiger partial charge < -0.3 is 15.2 Å². The SMILES string of the molecule is Cn1cc(-c2cc(Oc3ccc([N+]4(C(N)=O)CCN(C5CCOCC5)C4=O)cc3F)ccn2)cn1. The minimum Gasteiger partial charge on any atom is -0.454 e. The number of hydrogen-bond donors (Lipinski definition) is 1. The number of nitrogens with zero attached hydrogens (tertiary/aromatic N) is 5. The van der Waals surface area contributed by atoms with E-state index in [0.717, 1.165) is 11.6 Å². The van der Waals surface area contributed by atoms with Crippen molar-refractivity contribution >= 4 is 17.7 Å². The van der Waals surface area contributed by atoms with E-state index in [9.17, 15) is 9.59 Å². The van der Waals surface area contributed by atoms with Crippen molar-refractivity contribution in [3.63, 3.8) is 0 Å². The summed E-state index contributed by atoms with van der Waals surface area (Å²) < 4.78 is 27.2. The van der Waals surface area contributed by atoms with Gasteiger partial charge in [0.2, 0.25) is 0 Å². The maximum absolute atomic E-state index is 15.2. The molecule has 2 N–H and O–H groups in total. The van der Waals surface area contributed by atoms with Gasteiger partial charge in [0.1, 0.15) is 12.3 Å². The molecule has 0 bridgehead atoms. The van der Waals surface area contributed by atoms with Gasteiger partial charge in [0.05, 0.1) is 18.4 Å². The summed E-state index contributed by atoms with van der Waals surface area (Å²) in [5, 5.41) is 4.13. The van der Waals surface area contributed by atoms with Crippen molar-refractivity contribution in [1.82, 2.24) is 24.1 Å². The van der Waals surface area contributed by atoms with Gasteiger partial charge in [-0.2, -0.15) is 5.10 Å². The van der Waals surface area contributed by atoms with Gasteiger partial charge in [-0.15, -0.1) is 4.48 Å². The first kappa shape index (κ1) is 22.9. The van der Waals surface area contributed by atoms with Gasteiger partial charge in [0, 0.05) is 62.5 Å². The number of primary amides is 1. The molecule has 35 heavy (non-hydrogen) atoms. The van der Waals surface area contributed by atoms with Gasteiger partial charge in [-0.3, -0.25) is 14.6 Å². The number of imide groups is 1. The van der Waals surface area contributed by atoms with Crippen molar-refractivity contribution in [2.24, 2.45) is 12.8 Å². The quantitative estimate of drug-likeness (QED) is 0.559. The highest BCUT2D eigenvalue weighted by atomic mass is 19.1. The van der Waals surface area contributed by atoms with E-state index in [1.165, 1.54) is 12.1 Å². The zero-order valence-corrected chi connectivity index (χ0v) is 19.3. The van der Waals surface area contributed by atoms with Crippen LogP contribution in [0.2, 0.25) is 0 Å². The summed E-state index contributed by atoms with van der Waals surface area (Å²) >= 11 is 0. The highest BCUT2D eigenvalue weighted by molar-refractivity contribution is 6.08. The molecule has 2 aliphatic heterocycles. The topological polar surface area (TPSA) is 113 Å². The van der Waals surface area contributed by atoms with Crippen LogP contribution in [0.1, 0.15) is 12.8 Å². The number of ether oxygens (including phenoxy) is 2. The van der Waals surface area contributed by atoms with Crippen molar-refractivity contribution in [1.29, 1.82) is 0 Å². The highest BCUT2D eigenvalue weighted by Crippen LogP contribution is 2.36. The van der Waals surface area contributed by atoms with Crippen LogP contribution in [0.4, 0.5) is 19.7 Å². The van der Waals surface area contributed by atoms with Crippen LogP contribution in [0.25, 0.3) is 11.3 Å². The maximum atomic E-state index is 15.2. The number of benzene rings is 1. The second kappa shape index (κ2) is 9.08. The number of quaternary nitrogens is 1. The van der Waals surface area contributed by atoms with Crippen LogP contribution in [0.15, 0.2) is 48.9 Å². The zero-order chi connectivity index (χ0) is 24.6. The Bertz CT molecular complexity index is 1270. The van der Waals surface area contributed by atoms with E-state index >= 15 is 4.39 Å². The molecule has 1 unspecified atom stereocenters.